The first kappa shape index (κ1) is 18.8. The number of rotatable bonds is 7. The van der Waals surface area contributed by atoms with Gasteiger partial charge in [-0.2, -0.15) is 0 Å². The molecular weight excluding hydrogens is 344 g/mol. The second kappa shape index (κ2) is 8.57. The summed E-state index contributed by atoms with van der Waals surface area (Å²) in [5.74, 6) is -0.144. The van der Waals surface area contributed by atoms with Gasteiger partial charge in [-0.3, -0.25) is 9.69 Å². The van der Waals surface area contributed by atoms with E-state index < -0.39 is 12.2 Å². The lowest BCUT2D eigenvalue weighted by Gasteiger charge is -2.34. The minimum atomic E-state index is -0.786. The monoisotopic (exact) mass is 370 g/mol. The average molecular weight is 370 g/mol. The van der Waals surface area contributed by atoms with Gasteiger partial charge in [-0.25, -0.2) is 0 Å². The molecular formula is C17H26N2O5S. The summed E-state index contributed by atoms with van der Waals surface area (Å²) >= 11 is 1.38. The lowest BCUT2D eigenvalue weighted by atomic mass is 10.0. The number of nitrogens with zero attached hydrogens (tertiary/aromatic N) is 1. The van der Waals surface area contributed by atoms with Crippen LogP contribution in [-0.4, -0.2) is 84.8 Å². The van der Waals surface area contributed by atoms with Crippen molar-refractivity contribution in [3.8, 4) is 0 Å². The topological polar surface area (TPSA) is 91.3 Å². The van der Waals surface area contributed by atoms with Crippen LogP contribution in [0.15, 0.2) is 17.5 Å². The van der Waals surface area contributed by atoms with Crippen molar-refractivity contribution < 1.29 is 24.5 Å². The van der Waals surface area contributed by atoms with E-state index in [4.69, 9.17) is 9.47 Å². The Morgan fingerprint density at radius 1 is 1.52 bits per heavy atom. The molecule has 140 valence electrons. The summed E-state index contributed by atoms with van der Waals surface area (Å²) in [5, 5.41) is 24.9. The first-order chi connectivity index (χ1) is 12.2. The van der Waals surface area contributed by atoms with Gasteiger partial charge < -0.3 is 25.0 Å². The number of amides is 1. The molecule has 3 heterocycles. The maximum Gasteiger partial charge on any atom is 0.261 e. The minimum absolute atomic E-state index is 0.144. The normalized spacial score (nSPS) is 33.0. The SMILES string of the molecule is COCC1CCCN1C1C(CNC(=O)c2cccs2)OC(CO)C1O. The summed E-state index contributed by atoms with van der Waals surface area (Å²) in [6.07, 6.45) is 0.266. The van der Waals surface area contributed by atoms with Gasteiger partial charge in [0.2, 0.25) is 0 Å². The van der Waals surface area contributed by atoms with Crippen LogP contribution < -0.4 is 5.32 Å². The van der Waals surface area contributed by atoms with E-state index in [2.05, 4.69) is 10.2 Å². The van der Waals surface area contributed by atoms with Crippen molar-refractivity contribution in [1.82, 2.24) is 10.2 Å². The number of carbonyl (C=O) groups excluding carboxylic acids is 1. The van der Waals surface area contributed by atoms with Crippen LogP contribution in [0, 0.1) is 0 Å². The maximum atomic E-state index is 12.2. The van der Waals surface area contributed by atoms with Gasteiger partial charge >= 0.3 is 0 Å². The highest BCUT2D eigenvalue weighted by atomic mass is 32.1. The predicted octanol–water partition coefficient (Wildman–Crippen LogP) is 0.0779. The molecule has 1 aromatic rings. The number of aliphatic hydroxyl groups excluding tert-OH is 2. The zero-order chi connectivity index (χ0) is 17.8. The molecule has 2 fully saturated rings. The fourth-order valence-electron chi connectivity index (χ4n) is 3.86. The van der Waals surface area contributed by atoms with Gasteiger partial charge in [0.05, 0.1) is 30.2 Å². The van der Waals surface area contributed by atoms with Crippen LogP contribution in [0.2, 0.25) is 0 Å². The fourth-order valence-corrected chi connectivity index (χ4v) is 4.51. The van der Waals surface area contributed by atoms with Crippen LogP contribution in [0.3, 0.4) is 0 Å². The van der Waals surface area contributed by atoms with Crippen molar-refractivity contribution in [1.29, 1.82) is 0 Å². The van der Waals surface area contributed by atoms with Gasteiger partial charge in [0.25, 0.3) is 5.91 Å². The molecule has 8 heteroatoms. The van der Waals surface area contributed by atoms with Crippen molar-refractivity contribution >= 4 is 17.2 Å². The highest BCUT2D eigenvalue weighted by Crippen LogP contribution is 2.31. The van der Waals surface area contributed by atoms with Gasteiger partial charge in [0, 0.05) is 19.7 Å². The Morgan fingerprint density at radius 3 is 3.04 bits per heavy atom. The molecule has 2 aliphatic heterocycles. The van der Waals surface area contributed by atoms with Gasteiger partial charge in [-0.15, -0.1) is 11.3 Å². The predicted molar refractivity (Wildman–Crippen MR) is 93.8 cm³/mol. The van der Waals surface area contributed by atoms with Crippen LogP contribution in [0.4, 0.5) is 0 Å². The Hall–Kier alpha value is -1.03. The molecule has 0 spiro atoms. The number of nitrogens with one attached hydrogen (secondary N) is 1. The number of hydrogen-bond donors (Lipinski definition) is 3. The molecule has 2 aliphatic rings. The van der Waals surface area contributed by atoms with Crippen LogP contribution in [0.25, 0.3) is 0 Å². The van der Waals surface area contributed by atoms with E-state index in [9.17, 15) is 15.0 Å². The third-order valence-corrected chi connectivity index (χ3v) is 5.88. The average Bonchev–Trinajstić information content (AvgIpc) is 3.33. The lowest BCUT2D eigenvalue weighted by molar-refractivity contribution is -0.0209. The molecule has 0 radical (unpaired) electrons. The Morgan fingerprint density at radius 2 is 2.36 bits per heavy atom. The number of hydrogen-bond acceptors (Lipinski definition) is 7. The number of thiophene rings is 1. The first-order valence-electron chi connectivity index (χ1n) is 8.66. The third kappa shape index (κ3) is 4.05. The Labute approximate surface area is 151 Å². The lowest BCUT2D eigenvalue weighted by Crippen LogP contribution is -2.53. The van der Waals surface area contributed by atoms with Gasteiger partial charge in [0.1, 0.15) is 12.2 Å². The largest absolute Gasteiger partial charge is 0.394 e. The quantitative estimate of drug-likeness (QED) is 0.630. The number of likely N-dealkylation sites (tertiary alicyclic amines) is 1. The molecule has 3 rings (SSSR count). The van der Waals surface area contributed by atoms with Crippen molar-refractivity contribution in [3.05, 3.63) is 22.4 Å². The molecule has 25 heavy (non-hydrogen) atoms. The Bertz CT molecular complexity index is 555. The second-order valence-electron chi connectivity index (χ2n) is 6.55. The Balaban J connectivity index is 1.68. The van der Waals surface area contributed by atoms with E-state index in [-0.39, 0.29) is 30.7 Å². The third-order valence-electron chi connectivity index (χ3n) is 5.01. The van der Waals surface area contributed by atoms with E-state index in [1.54, 1.807) is 13.2 Å². The fraction of sp³-hybridized carbons (Fsp3) is 0.706. The highest BCUT2D eigenvalue weighted by molar-refractivity contribution is 7.12. The summed E-state index contributed by atoms with van der Waals surface area (Å²) < 4.78 is 11.2. The molecule has 5 atom stereocenters. The van der Waals surface area contributed by atoms with Crippen LogP contribution in [0.5, 0.6) is 0 Å². The summed E-state index contributed by atoms with van der Waals surface area (Å²) in [5.41, 5.74) is 0. The van der Waals surface area contributed by atoms with Crippen LogP contribution in [0.1, 0.15) is 22.5 Å². The van der Waals surface area contributed by atoms with Crippen LogP contribution in [-0.2, 0) is 9.47 Å². The maximum absolute atomic E-state index is 12.2. The van der Waals surface area contributed by atoms with Crippen molar-refractivity contribution in [2.45, 2.75) is 43.2 Å². The summed E-state index contributed by atoms with van der Waals surface area (Å²) in [6, 6.07) is 3.57. The second-order valence-corrected chi connectivity index (χ2v) is 7.50. The first-order valence-corrected chi connectivity index (χ1v) is 9.54. The summed E-state index contributed by atoms with van der Waals surface area (Å²) in [7, 11) is 1.67. The van der Waals surface area contributed by atoms with Gasteiger partial charge in [0.15, 0.2) is 0 Å². The zero-order valence-corrected chi connectivity index (χ0v) is 15.2. The number of methoxy groups -OCH3 is 1. The van der Waals surface area contributed by atoms with Crippen molar-refractivity contribution in [3.63, 3.8) is 0 Å². The summed E-state index contributed by atoms with van der Waals surface area (Å²) in [6.45, 7) is 1.51. The molecule has 7 nitrogen and oxygen atoms in total. The highest BCUT2D eigenvalue weighted by Gasteiger charge is 2.48. The van der Waals surface area contributed by atoms with E-state index in [0.717, 1.165) is 19.4 Å². The molecule has 1 amide bonds. The summed E-state index contributed by atoms with van der Waals surface area (Å²) in [4.78, 5) is 15.0. The molecule has 0 aliphatic carbocycles. The standard InChI is InChI=1S/C17H26N2O5S/c1-23-10-11-4-2-6-19(11)15-12(24-13(9-20)16(15)21)8-18-17(22)14-5-3-7-25-14/h3,5,7,11-13,15-16,20-21H,2,4,6,8-10H2,1H3,(H,18,22). The van der Waals surface area contributed by atoms with Gasteiger partial charge in [-0.1, -0.05) is 6.07 Å². The van der Waals surface area contributed by atoms with E-state index in [1.807, 2.05) is 11.4 Å². The van der Waals surface area contributed by atoms with Crippen LogP contribution >= 0.6 is 11.3 Å². The Kier molecular flexibility index (Phi) is 6.43. The van der Waals surface area contributed by atoms with Crippen molar-refractivity contribution in [2.24, 2.45) is 0 Å². The van der Waals surface area contributed by atoms with E-state index in [0.29, 0.717) is 18.0 Å². The molecule has 3 N–H and O–H groups in total. The molecule has 0 aromatic carbocycles. The number of carbonyl (C=O) groups is 1. The zero-order valence-electron chi connectivity index (χ0n) is 14.3. The van der Waals surface area contributed by atoms with Gasteiger partial charge in [-0.05, 0) is 30.8 Å². The van der Waals surface area contributed by atoms with E-state index in [1.165, 1.54) is 11.3 Å². The van der Waals surface area contributed by atoms with Crippen molar-refractivity contribution in [2.75, 3.05) is 33.4 Å². The van der Waals surface area contributed by atoms with E-state index >= 15 is 0 Å². The molecule has 1 aromatic heterocycles. The number of aliphatic hydroxyl groups is 2. The number of ether oxygens (including phenoxy) is 2. The molecule has 5 unspecified atom stereocenters. The molecule has 0 bridgehead atoms. The smallest absolute Gasteiger partial charge is 0.261 e. The molecule has 0 saturated carbocycles. The molecule has 2 saturated heterocycles. The minimum Gasteiger partial charge on any atom is -0.394 e.